The molecule has 4 rings (SSSR count). The van der Waals surface area contributed by atoms with Gasteiger partial charge >= 0.3 is 0 Å². The van der Waals surface area contributed by atoms with Crippen LogP contribution in [0, 0.1) is 3.70 Å². The summed E-state index contributed by atoms with van der Waals surface area (Å²) in [6, 6.07) is 9.51. The van der Waals surface area contributed by atoms with Gasteiger partial charge < -0.3 is 9.64 Å². The van der Waals surface area contributed by atoms with Gasteiger partial charge in [0, 0.05) is 24.3 Å². The van der Waals surface area contributed by atoms with Crippen molar-refractivity contribution in [3.63, 3.8) is 0 Å². The molecule has 0 radical (unpaired) electrons. The smallest absolute Gasteiger partial charge is 0.254 e. The molecule has 0 N–H and O–H groups in total. The second-order valence-electron chi connectivity index (χ2n) is 6.32. The van der Waals surface area contributed by atoms with E-state index in [4.69, 9.17) is 9.84 Å². The van der Waals surface area contributed by atoms with Gasteiger partial charge in [-0.25, -0.2) is 4.68 Å². The highest BCUT2D eigenvalue weighted by Crippen LogP contribution is 2.30. The van der Waals surface area contributed by atoms with Crippen molar-refractivity contribution in [2.45, 2.75) is 38.5 Å². The van der Waals surface area contributed by atoms with Crippen LogP contribution in [0.2, 0.25) is 0 Å². The largest absolute Gasteiger partial charge is 0.357 e. The summed E-state index contributed by atoms with van der Waals surface area (Å²) in [5.41, 5.74) is 3.17. The monoisotopic (exact) mass is 437 g/mol. The number of nitrogens with zero attached hydrogens (tertiary/aromatic N) is 3. The van der Waals surface area contributed by atoms with Crippen molar-refractivity contribution in [2.24, 2.45) is 0 Å². The highest BCUT2D eigenvalue weighted by atomic mass is 127. The summed E-state index contributed by atoms with van der Waals surface area (Å²) < 4.78 is 8.99. The molecule has 126 valence electrons. The molecular formula is C18H20IN3O2. The van der Waals surface area contributed by atoms with E-state index >= 15 is 0 Å². The maximum atomic E-state index is 12.8. The minimum Gasteiger partial charge on any atom is -0.357 e. The molecule has 2 aliphatic heterocycles. The number of halogens is 1. The summed E-state index contributed by atoms with van der Waals surface area (Å²) in [4.78, 5) is 14.7. The number of hydrogen-bond donors (Lipinski definition) is 0. The third-order valence-electron chi connectivity index (χ3n) is 4.78. The van der Waals surface area contributed by atoms with E-state index in [1.54, 1.807) is 0 Å². The molecule has 0 saturated carbocycles. The van der Waals surface area contributed by atoms with Gasteiger partial charge in [-0.15, -0.1) is 0 Å². The van der Waals surface area contributed by atoms with E-state index < -0.39 is 0 Å². The molecule has 0 aliphatic carbocycles. The van der Waals surface area contributed by atoms with Crippen molar-refractivity contribution < 1.29 is 9.53 Å². The number of ether oxygens (including phenoxy) is 1. The number of carbonyl (C=O) groups is 1. The summed E-state index contributed by atoms with van der Waals surface area (Å²) in [5, 5.41) is 4.72. The maximum absolute atomic E-state index is 12.8. The zero-order valence-electron chi connectivity index (χ0n) is 13.4. The van der Waals surface area contributed by atoms with Crippen molar-refractivity contribution in [3.05, 3.63) is 50.9 Å². The zero-order chi connectivity index (χ0) is 16.5. The predicted molar refractivity (Wildman–Crippen MR) is 98.7 cm³/mol. The summed E-state index contributed by atoms with van der Waals surface area (Å²) >= 11 is 2.31. The Bertz CT molecular complexity index is 738. The van der Waals surface area contributed by atoms with Crippen LogP contribution in [0.3, 0.4) is 0 Å². The lowest BCUT2D eigenvalue weighted by molar-refractivity contribution is -0.0423. The van der Waals surface area contributed by atoms with E-state index in [1.807, 2.05) is 39.9 Å². The van der Waals surface area contributed by atoms with E-state index in [0.29, 0.717) is 6.54 Å². The van der Waals surface area contributed by atoms with Gasteiger partial charge in [0.2, 0.25) is 0 Å². The first kappa shape index (κ1) is 16.1. The van der Waals surface area contributed by atoms with Gasteiger partial charge in [0.25, 0.3) is 5.91 Å². The molecule has 1 unspecified atom stereocenters. The van der Waals surface area contributed by atoms with E-state index in [1.165, 1.54) is 12.0 Å². The van der Waals surface area contributed by atoms with Crippen LogP contribution in [0.25, 0.3) is 0 Å². The first-order valence-electron chi connectivity index (χ1n) is 8.45. The van der Waals surface area contributed by atoms with Gasteiger partial charge in [-0.2, -0.15) is 5.10 Å². The van der Waals surface area contributed by atoms with Crippen LogP contribution in [0.4, 0.5) is 0 Å². The molecular weight excluding hydrogens is 417 g/mol. The number of rotatable bonds is 2. The standard InChI is InChI=1S/C18H20IN3O2/c19-17-14-9-10-21(18(23)13-6-2-1-3-7-13)12-15(14)22(20-17)16-8-4-5-11-24-16/h1-3,6-7,16H,4-5,8-12H2. The molecule has 1 amide bonds. The van der Waals surface area contributed by atoms with Gasteiger partial charge in [-0.3, -0.25) is 4.79 Å². The summed E-state index contributed by atoms with van der Waals surface area (Å²) in [7, 11) is 0. The molecule has 24 heavy (non-hydrogen) atoms. The minimum atomic E-state index is 0.0165. The molecule has 1 aromatic heterocycles. The lowest BCUT2D eigenvalue weighted by atomic mass is 10.1. The van der Waals surface area contributed by atoms with E-state index in [-0.39, 0.29) is 12.1 Å². The zero-order valence-corrected chi connectivity index (χ0v) is 15.6. The Morgan fingerprint density at radius 2 is 2.08 bits per heavy atom. The quantitative estimate of drug-likeness (QED) is 0.677. The maximum Gasteiger partial charge on any atom is 0.254 e. The summed E-state index contributed by atoms with van der Waals surface area (Å²) in [6.45, 7) is 2.15. The average molecular weight is 437 g/mol. The number of carbonyl (C=O) groups excluding carboxylic acids is 1. The van der Waals surface area contributed by atoms with Crippen LogP contribution in [0.15, 0.2) is 30.3 Å². The number of fused-ring (bicyclic) bond motifs is 1. The molecule has 0 bridgehead atoms. The van der Waals surface area contributed by atoms with Crippen molar-refractivity contribution in [2.75, 3.05) is 13.2 Å². The molecule has 2 aliphatic rings. The Balaban J connectivity index is 1.61. The van der Waals surface area contributed by atoms with Gasteiger partial charge in [-0.05, 0) is 60.4 Å². The van der Waals surface area contributed by atoms with E-state index in [0.717, 1.165) is 47.4 Å². The van der Waals surface area contributed by atoms with Gasteiger partial charge in [0.1, 0.15) is 3.70 Å². The average Bonchev–Trinajstić information content (AvgIpc) is 2.99. The number of aromatic nitrogens is 2. The number of benzene rings is 1. The molecule has 1 atom stereocenters. The van der Waals surface area contributed by atoms with Crippen LogP contribution >= 0.6 is 22.6 Å². The van der Waals surface area contributed by atoms with Gasteiger partial charge in [0.05, 0.1) is 12.2 Å². The van der Waals surface area contributed by atoms with Crippen LogP contribution in [-0.4, -0.2) is 33.7 Å². The second kappa shape index (κ2) is 6.84. The van der Waals surface area contributed by atoms with Crippen molar-refractivity contribution >= 4 is 28.5 Å². The third-order valence-corrected chi connectivity index (χ3v) is 5.65. The summed E-state index contributed by atoms with van der Waals surface area (Å²) in [6.07, 6.45) is 4.16. The number of amides is 1. The fourth-order valence-electron chi connectivity index (χ4n) is 3.49. The Morgan fingerprint density at radius 3 is 2.83 bits per heavy atom. The molecule has 1 fully saturated rings. The Hall–Kier alpha value is -1.41. The molecule has 0 spiro atoms. The predicted octanol–water partition coefficient (Wildman–Crippen LogP) is 3.39. The SMILES string of the molecule is O=C(c1ccccc1)N1CCc2c(I)nn(C3CCCCO3)c2C1. The van der Waals surface area contributed by atoms with Crippen molar-refractivity contribution in [1.82, 2.24) is 14.7 Å². The minimum absolute atomic E-state index is 0.0165. The first-order valence-corrected chi connectivity index (χ1v) is 9.53. The first-order chi connectivity index (χ1) is 11.7. The topological polar surface area (TPSA) is 47.4 Å². The fourth-order valence-corrected chi connectivity index (χ4v) is 4.30. The van der Waals surface area contributed by atoms with E-state index in [2.05, 4.69) is 22.6 Å². The Labute approximate surface area is 155 Å². The van der Waals surface area contributed by atoms with Gasteiger partial charge in [-0.1, -0.05) is 18.2 Å². The molecule has 1 saturated heterocycles. The highest BCUT2D eigenvalue weighted by molar-refractivity contribution is 14.1. The second-order valence-corrected chi connectivity index (χ2v) is 7.35. The normalized spacial score (nSPS) is 20.7. The van der Waals surface area contributed by atoms with Gasteiger partial charge in [0.15, 0.2) is 6.23 Å². The van der Waals surface area contributed by atoms with Crippen LogP contribution < -0.4 is 0 Å². The molecule has 3 heterocycles. The molecule has 5 nitrogen and oxygen atoms in total. The summed E-state index contributed by atoms with van der Waals surface area (Å²) in [5.74, 6) is 0.0913. The van der Waals surface area contributed by atoms with Crippen LogP contribution in [0.1, 0.15) is 47.1 Å². The fraction of sp³-hybridized carbons (Fsp3) is 0.444. The molecule has 1 aromatic carbocycles. The highest BCUT2D eigenvalue weighted by Gasteiger charge is 2.30. The lowest BCUT2D eigenvalue weighted by Gasteiger charge is -2.30. The number of hydrogen-bond acceptors (Lipinski definition) is 3. The van der Waals surface area contributed by atoms with Crippen LogP contribution in [-0.2, 0) is 17.7 Å². The van der Waals surface area contributed by atoms with Crippen LogP contribution in [0.5, 0.6) is 0 Å². The van der Waals surface area contributed by atoms with E-state index in [9.17, 15) is 4.79 Å². The third kappa shape index (κ3) is 2.97. The lowest BCUT2D eigenvalue weighted by Crippen LogP contribution is -2.37. The molecule has 2 aromatic rings. The Kier molecular flexibility index (Phi) is 4.58. The molecule has 6 heteroatoms. The Morgan fingerprint density at radius 1 is 1.25 bits per heavy atom. The van der Waals surface area contributed by atoms with Crippen molar-refractivity contribution in [1.29, 1.82) is 0 Å². The van der Waals surface area contributed by atoms with Crippen molar-refractivity contribution in [3.8, 4) is 0 Å².